The third-order valence-electron chi connectivity index (χ3n) is 3.98. The molecule has 20 heavy (non-hydrogen) atoms. The summed E-state index contributed by atoms with van der Waals surface area (Å²) in [6.07, 6.45) is 0.266. The molecule has 4 heteroatoms. The first-order valence-corrected chi connectivity index (χ1v) is 7.04. The van der Waals surface area contributed by atoms with Gasteiger partial charge in [-0.3, -0.25) is 14.5 Å². The van der Waals surface area contributed by atoms with Crippen molar-refractivity contribution in [2.24, 2.45) is 5.92 Å². The lowest BCUT2D eigenvalue weighted by molar-refractivity contribution is -0.140. The summed E-state index contributed by atoms with van der Waals surface area (Å²) >= 11 is 0. The van der Waals surface area contributed by atoms with Gasteiger partial charge in [-0.2, -0.15) is 0 Å². The molecule has 1 aliphatic rings. The number of nitrogens with zero attached hydrogens (tertiary/aromatic N) is 1. The maximum atomic E-state index is 12.7. The Hall–Kier alpha value is -1.68. The van der Waals surface area contributed by atoms with Gasteiger partial charge in [-0.15, -0.1) is 0 Å². The van der Waals surface area contributed by atoms with Crippen molar-refractivity contribution in [1.82, 2.24) is 10.2 Å². The zero-order valence-electron chi connectivity index (χ0n) is 12.3. The van der Waals surface area contributed by atoms with Crippen LogP contribution in [0.1, 0.15) is 25.8 Å². The van der Waals surface area contributed by atoms with E-state index in [4.69, 9.17) is 0 Å². The number of amides is 2. The molecule has 1 N–H and O–H groups in total. The van der Waals surface area contributed by atoms with Crippen LogP contribution in [-0.2, 0) is 15.0 Å². The van der Waals surface area contributed by atoms with E-state index in [0.29, 0.717) is 6.54 Å². The molecule has 0 radical (unpaired) electrons. The zero-order chi connectivity index (χ0) is 14.8. The third-order valence-corrected chi connectivity index (χ3v) is 3.98. The maximum Gasteiger partial charge on any atom is 0.240 e. The van der Waals surface area contributed by atoms with E-state index in [0.717, 1.165) is 12.1 Å². The summed E-state index contributed by atoms with van der Waals surface area (Å²) in [7, 11) is 1.87. The highest BCUT2D eigenvalue weighted by Gasteiger charge is 2.49. The standard InChI is InChI=1S/C16H22N2O2/c1-12(10-17-3)11-18-14(19)9-16(2,15(18)20)13-7-5-4-6-8-13/h4-8,12,17H,9-11H2,1-3H3. The third kappa shape index (κ3) is 2.61. The van der Waals surface area contributed by atoms with Gasteiger partial charge in [-0.25, -0.2) is 0 Å². The fourth-order valence-corrected chi connectivity index (χ4v) is 2.83. The van der Waals surface area contributed by atoms with E-state index in [1.807, 2.05) is 51.2 Å². The van der Waals surface area contributed by atoms with Gasteiger partial charge in [0.1, 0.15) is 0 Å². The van der Waals surface area contributed by atoms with Crippen molar-refractivity contribution >= 4 is 11.8 Å². The highest BCUT2D eigenvalue weighted by Crippen LogP contribution is 2.36. The Morgan fingerprint density at radius 1 is 1.30 bits per heavy atom. The monoisotopic (exact) mass is 274 g/mol. The van der Waals surface area contributed by atoms with E-state index < -0.39 is 5.41 Å². The normalized spacial score (nSPS) is 24.2. The molecular weight excluding hydrogens is 252 g/mol. The van der Waals surface area contributed by atoms with Crippen LogP contribution in [0.4, 0.5) is 0 Å². The molecule has 2 atom stereocenters. The van der Waals surface area contributed by atoms with Crippen LogP contribution >= 0.6 is 0 Å². The fourth-order valence-electron chi connectivity index (χ4n) is 2.83. The van der Waals surface area contributed by atoms with Crippen molar-refractivity contribution in [3.8, 4) is 0 Å². The second-order valence-corrected chi connectivity index (χ2v) is 5.85. The number of rotatable bonds is 5. The lowest BCUT2D eigenvalue weighted by Crippen LogP contribution is -2.40. The van der Waals surface area contributed by atoms with Gasteiger partial charge < -0.3 is 5.32 Å². The molecule has 0 bridgehead atoms. The number of hydrogen-bond donors (Lipinski definition) is 1. The van der Waals surface area contributed by atoms with E-state index in [-0.39, 0.29) is 24.2 Å². The van der Waals surface area contributed by atoms with Crippen LogP contribution < -0.4 is 5.32 Å². The molecule has 1 aromatic rings. The van der Waals surface area contributed by atoms with E-state index >= 15 is 0 Å². The van der Waals surface area contributed by atoms with Crippen LogP contribution in [0.25, 0.3) is 0 Å². The van der Waals surface area contributed by atoms with Crippen LogP contribution in [0.3, 0.4) is 0 Å². The number of benzene rings is 1. The first-order chi connectivity index (χ1) is 9.49. The van der Waals surface area contributed by atoms with Crippen LogP contribution in [0.2, 0.25) is 0 Å². The Balaban J connectivity index is 2.20. The number of imide groups is 1. The molecular formula is C16H22N2O2. The van der Waals surface area contributed by atoms with Crippen LogP contribution in [0, 0.1) is 5.92 Å². The largest absolute Gasteiger partial charge is 0.319 e. The molecule has 2 rings (SSSR count). The molecule has 1 fully saturated rings. The van der Waals surface area contributed by atoms with Crippen molar-refractivity contribution in [2.75, 3.05) is 20.1 Å². The van der Waals surface area contributed by atoms with Crippen molar-refractivity contribution < 1.29 is 9.59 Å². The highest BCUT2D eigenvalue weighted by atomic mass is 16.2. The quantitative estimate of drug-likeness (QED) is 0.829. The Kier molecular flexibility index (Phi) is 4.23. The molecule has 108 valence electrons. The molecule has 1 aliphatic heterocycles. The van der Waals surface area contributed by atoms with Crippen molar-refractivity contribution in [3.63, 3.8) is 0 Å². The van der Waals surface area contributed by atoms with Crippen LogP contribution in [0.15, 0.2) is 30.3 Å². The van der Waals surface area contributed by atoms with Gasteiger partial charge in [-0.05, 0) is 32.0 Å². The molecule has 4 nitrogen and oxygen atoms in total. The molecule has 2 amide bonds. The summed E-state index contributed by atoms with van der Waals surface area (Å²) in [6.45, 7) is 5.18. The molecule has 0 aliphatic carbocycles. The fraction of sp³-hybridized carbons (Fsp3) is 0.500. The van der Waals surface area contributed by atoms with Gasteiger partial charge in [0.05, 0.1) is 5.41 Å². The van der Waals surface area contributed by atoms with E-state index in [9.17, 15) is 9.59 Å². The first-order valence-electron chi connectivity index (χ1n) is 7.04. The average molecular weight is 274 g/mol. The summed E-state index contributed by atoms with van der Waals surface area (Å²) in [6, 6.07) is 9.58. The average Bonchev–Trinajstić information content (AvgIpc) is 2.65. The van der Waals surface area contributed by atoms with Gasteiger partial charge in [-0.1, -0.05) is 37.3 Å². The lowest BCUT2D eigenvalue weighted by Gasteiger charge is -2.24. The second-order valence-electron chi connectivity index (χ2n) is 5.85. The summed E-state index contributed by atoms with van der Waals surface area (Å²) in [5.41, 5.74) is 0.208. The van der Waals surface area contributed by atoms with Gasteiger partial charge >= 0.3 is 0 Å². The van der Waals surface area contributed by atoms with E-state index in [1.54, 1.807) is 0 Å². The molecule has 1 aromatic carbocycles. The van der Waals surface area contributed by atoms with Gasteiger partial charge in [0.2, 0.25) is 11.8 Å². The van der Waals surface area contributed by atoms with E-state index in [2.05, 4.69) is 5.32 Å². The molecule has 1 heterocycles. The smallest absolute Gasteiger partial charge is 0.240 e. The number of carbonyl (C=O) groups is 2. The maximum absolute atomic E-state index is 12.7. The molecule has 0 saturated carbocycles. The van der Waals surface area contributed by atoms with Crippen molar-refractivity contribution in [1.29, 1.82) is 0 Å². The predicted octanol–water partition coefficient (Wildman–Crippen LogP) is 1.56. The van der Waals surface area contributed by atoms with E-state index in [1.165, 1.54) is 4.90 Å². The minimum atomic E-state index is -0.711. The minimum Gasteiger partial charge on any atom is -0.319 e. The van der Waals surface area contributed by atoms with Gasteiger partial charge in [0, 0.05) is 13.0 Å². The topological polar surface area (TPSA) is 49.4 Å². The Morgan fingerprint density at radius 3 is 2.55 bits per heavy atom. The Labute approximate surface area is 120 Å². The van der Waals surface area contributed by atoms with Crippen molar-refractivity contribution in [3.05, 3.63) is 35.9 Å². The van der Waals surface area contributed by atoms with Crippen LogP contribution in [-0.4, -0.2) is 36.9 Å². The minimum absolute atomic E-state index is 0.0655. The number of nitrogens with one attached hydrogen (secondary N) is 1. The number of carbonyl (C=O) groups excluding carboxylic acids is 2. The predicted molar refractivity (Wildman–Crippen MR) is 78.2 cm³/mol. The van der Waals surface area contributed by atoms with Gasteiger partial charge in [0.15, 0.2) is 0 Å². The Morgan fingerprint density at radius 2 is 1.95 bits per heavy atom. The first kappa shape index (κ1) is 14.7. The number of likely N-dealkylation sites (tertiary alicyclic amines) is 1. The lowest BCUT2D eigenvalue weighted by atomic mass is 9.81. The zero-order valence-corrected chi connectivity index (χ0v) is 12.3. The molecule has 0 spiro atoms. The number of hydrogen-bond acceptors (Lipinski definition) is 3. The highest BCUT2D eigenvalue weighted by molar-refractivity contribution is 6.08. The van der Waals surface area contributed by atoms with Crippen LogP contribution in [0.5, 0.6) is 0 Å². The van der Waals surface area contributed by atoms with Crippen molar-refractivity contribution in [2.45, 2.75) is 25.7 Å². The summed E-state index contributed by atoms with van der Waals surface area (Å²) < 4.78 is 0. The SMILES string of the molecule is CNCC(C)CN1C(=O)CC(C)(c2ccccc2)C1=O. The molecule has 1 saturated heterocycles. The Bertz CT molecular complexity index is 500. The molecule has 2 unspecified atom stereocenters. The van der Waals surface area contributed by atoms with Gasteiger partial charge in [0.25, 0.3) is 0 Å². The summed E-state index contributed by atoms with van der Waals surface area (Å²) in [4.78, 5) is 26.3. The summed E-state index contributed by atoms with van der Waals surface area (Å²) in [5, 5.41) is 3.07. The summed E-state index contributed by atoms with van der Waals surface area (Å²) in [5.74, 6) is 0.118. The second kappa shape index (κ2) is 5.75. The molecule has 0 aromatic heterocycles.